The van der Waals surface area contributed by atoms with Gasteiger partial charge in [-0.2, -0.15) is 0 Å². The van der Waals surface area contributed by atoms with E-state index in [1.165, 1.54) is 0 Å². The Morgan fingerprint density at radius 2 is 0.943 bits per heavy atom. The first-order valence-corrected chi connectivity index (χ1v) is 25.2. The van der Waals surface area contributed by atoms with Crippen molar-refractivity contribution in [3.05, 3.63) is 166 Å². The molecule has 2 fully saturated rings. The van der Waals surface area contributed by atoms with Gasteiger partial charge in [-0.05, 0) is 132 Å². The van der Waals surface area contributed by atoms with Crippen LogP contribution < -0.4 is 32.7 Å². The number of nitrogens with two attached hydrogens (primary N) is 2. The van der Waals surface area contributed by atoms with E-state index in [4.69, 9.17) is 34.7 Å². The van der Waals surface area contributed by atoms with Crippen LogP contribution in [0.5, 0.6) is 0 Å². The average Bonchev–Trinajstić information content (AvgIpc) is 3.61. The molecule has 0 spiro atoms. The molecule has 14 heteroatoms. The van der Waals surface area contributed by atoms with Gasteiger partial charge in [-0.25, -0.2) is 0 Å². The Labute approximate surface area is 421 Å². The van der Waals surface area contributed by atoms with Crippen molar-refractivity contribution in [2.24, 2.45) is 11.5 Å². The van der Waals surface area contributed by atoms with Crippen LogP contribution in [0.15, 0.2) is 133 Å². The third-order valence-corrected chi connectivity index (χ3v) is 13.9. The highest BCUT2D eigenvalue weighted by molar-refractivity contribution is 6.30. The summed E-state index contributed by atoms with van der Waals surface area (Å²) in [7, 11) is 0. The molecule has 368 valence electrons. The predicted octanol–water partition coefficient (Wildman–Crippen LogP) is 7.87. The van der Waals surface area contributed by atoms with E-state index in [0.29, 0.717) is 86.4 Å². The normalized spacial score (nSPS) is 19.4. The zero-order valence-electron chi connectivity index (χ0n) is 40.1. The van der Waals surface area contributed by atoms with Crippen LogP contribution in [0.3, 0.4) is 0 Å². The minimum Gasteiger partial charge on any atom is -0.350 e. The van der Waals surface area contributed by atoms with Gasteiger partial charge in [0.05, 0.1) is 12.1 Å². The molecule has 2 aliphatic heterocycles. The van der Waals surface area contributed by atoms with Gasteiger partial charge in [0.1, 0.15) is 0 Å². The van der Waals surface area contributed by atoms with Crippen LogP contribution in [-0.4, -0.2) is 110 Å². The van der Waals surface area contributed by atoms with Gasteiger partial charge in [0.2, 0.25) is 11.8 Å². The third kappa shape index (κ3) is 14.1. The summed E-state index contributed by atoms with van der Waals surface area (Å²) in [5, 5.41) is 18.7. The molecule has 6 aromatic carbocycles. The number of hydrogen-bond acceptors (Lipinski definition) is 8. The fourth-order valence-corrected chi connectivity index (χ4v) is 9.60. The monoisotopic (exact) mass is 984 g/mol. The molecule has 8 rings (SSSR count). The number of nitrogens with one attached hydrogen (secondary N) is 4. The summed E-state index contributed by atoms with van der Waals surface area (Å²) in [5.41, 5.74) is 15.2. The molecular weight excluding hydrogens is 920 g/mol. The van der Waals surface area contributed by atoms with Crippen LogP contribution in [0.2, 0.25) is 10.0 Å². The molecule has 2 heterocycles. The van der Waals surface area contributed by atoms with Gasteiger partial charge in [0.25, 0.3) is 11.8 Å². The largest absolute Gasteiger partial charge is 0.350 e. The maximum Gasteiger partial charge on any atom is 0.251 e. The summed E-state index contributed by atoms with van der Waals surface area (Å²) in [6.45, 7) is 8.46. The van der Waals surface area contributed by atoms with Gasteiger partial charge >= 0.3 is 0 Å². The molecule has 70 heavy (non-hydrogen) atoms. The van der Waals surface area contributed by atoms with Crippen LogP contribution in [0, 0.1) is 0 Å². The molecule has 2 saturated heterocycles. The molecule has 0 saturated carbocycles. The van der Waals surface area contributed by atoms with Crippen molar-refractivity contribution in [1.29, 1.82) is 0 Å². The Bertz CT molecular complexity index is 2520. The minimum atomic E-state index is -0.359. The fraction of sp³-hybridized carbons (Fsp3) is 0.357. The number of nitrogens with zero attached hydrogens (tertiary/aromatic N) is 2. The highest BCUT2D eigenvalue weighted by Gasteiger charge is 2.33. The van der Waals surface area contributed by atoms with Crippen LogP contribution in [0.25, 0.3) is 21.5 Å². The molecule has 0 aromatic heterocycles. The molecule has 8 N–H and O–H groups in total. The van der Waals surface area contributed by atoms with Crippen molar-refractivity contribution in [3.8, 4) is 0 Å². The first-order chi connectivity index (χ1) is 33.9. The average molecular weight is 986 g/mol. The summed E-state index contributed by atoms with van der Waals surface area (Å²) in [5.74, 6) is 0.269. The van der Waals surface area contributed by atoms with Crippen LogP contribution in [0.1, 0.15) is 83.2 Å². The SMILES string of the molecule is CC(CN1CC[C@@H](CNC(=O)c2ccc3ccccc3c2)N[C@@H](CCN)C1=O)c1ccc(Cl)cc1.C[C@@H](CN1CC[C@@H](CNC(=O)c2ccc3ccccc3c2)N[C@@H](CCN)C1=O)c1ccc(Cl)cc1. The highest BCUT2D eigenvalue weighted by Crippen LogP contribution is 2.24. The zero-order valence-corrected chi connectivity index (χ0v) is 41.6. The number of hydrogen-bond donors (Lipinski definition) is 6. The Hall–Kier alpha value is -5.86. The van der Waals surface area contributed by atoms with Gasteiger partial charge in [0, 0.05) is 72.5 Å². The third-order valence-electron chi connectivity index (χ3n) is 13.4. The topological polar surface area (TPSA) is 175 Å². The Kier molecular flexibility index (Phi) is 18.8. The molecule has 4 amide bonds. The lowest BCUT2D eigenvalue weighted by molar-refractivity contribution is -0.133. The quantitative estimate of drug-likeness (QED) is 0.0569. The smallest absolute Gasteiger partial charge is 0.251 e. The minimum absolute atomic E-state index is 0.0178. The lowest BCUT2D eigenvalue weighted by Gasteiger charge is -2.27. The van der Waals surface area contributed by atoms with E-state index in [-0.39, 0.29) is 59.6 Å². The van der Waals surface area contributed by atoms with Crippen molar-refractivity contribution in [2.75, 3.05) is 52.4 Å². The summed E-state index contributed by atoms with van der Waals surface area (Å²) < 4.78 is 0. The Morgan fingerprint density at radius 3 is 1.31 bits per heavy atom. The molecule has 1 unspecified atom stereocenters. The first kappa shape index (κ1) is 52.0. The molecule has 0 aliphatic carbocycles. The molecule has 0 bridgehead atoms. The van der Waals surface area contributed by atoms with E-state index in [1.54, 1.807) is 0 Å². The first-order valence-electron chi connectivity index (χ1n) is 24.4. The number of carbonyl (C=O) groups excluding carboxylic acids is 4. The number of amides is 4. The van der Waals surface area contributed by atoms with E-state index < -0.39 is 0 Å². The second-order valence-electron chi connectivity index (χ2n) is 18.6. The van der Waals surface area contributed by atoms with Crippen molar-refractivity contribution in [1.82, 2.24) is 31.1 Å². The van der Waals surface area contributed by atoms with Gasteiger partial charge in [-0.15, -0.1) is 0 Å². The molecule has 6 atom stereocenters. The van der Waals surface area contributed by atoms with Gasteiger partial charge in [0.15, 0.2) is 0 Å². The van der Waals surface area contributed by atoms with Crippen molar-refractivity contribution < 1.29 is 19.2 Å². The maximum atomic E-state index is 13.3. The van der Waals surface area contributed by atoms with Gasteiger partial charge in [-0.1, -0.05) is 122 Å². The molecule has 0 radical (unpaired) electrons. The van der Waals surface area contributed by atoms with Gasteiger partial charge < -0.3 is 42.5 Å². The second kappa shape index (κ2) is 25.3. The summed E-state index contributed by atoms with van der Waals surface area (Å²) in [4.78, 5) is 56.1. The van der Waals surface area contributed by atoms with E-state index in [2.05, 4.69) is 35.1 Å². The number of rotatable bonds is 16. The zero-order chi connectivity index (χ0) is 49.6. The van der Waals surface area contributed by atoms with E-state index in [1.807, 2.05) is 143 Å². The standard InChI is InChI=1S/2C28H33ClN4O2/c2*1-19(20-8-10-24(29)11-9-20)18-33-15-13-25(32-26(12-14-30)28(33)35)17-31-27(34)23-7-6-21-4-2-3-5-22(21)16-23/h2*2-11,16,19,25-26,32H,12-15,17-18,30H2,1H3,(H,31,34)/t19?,25-,26-;19-,25-,26-/m00/s1. The van der Waals surface area contributed by atoms with Crippen LogP contribution in [-0.2, 0) is 9.59 Å². The van der Waals surface area contributed by atoms with Crippen LogP contribution in [0.4, 0.5) is 0 Å². The molecule has 6 aromatic rings. The van der Waals surface area contributed by atoms with Crippen molar-refractivity contribution in [2.45, 2.75) is 75.5 Å². The van der Waals surface area contributed by atoms with E-state index in [9.17, 15) is 19.2 Å². The molecule has 12 nitrogen and oxygen atoms in total. The highest BCUT2D eigenvalue weighted by atomic mass is 35.5. The predicted molar refractivity (Wildman–Crippen MR) is 283 cm³/mol. The number of benzene rings is 6. The van der Waals surface area contributed by atoms with Crippen molar-refractivity contribution >= 4 is 68.4 Å². The van der Waals surface area contributed by atoms with Crippen LogP contribution >= 0.6 is 23.2 Å². The van der Waals surface area contributed by atoms with Crippen molar-refractivity contribution in [3.63, 3.8) is 0 Å². The summed E-state index contributed by atoms with van der Waals surface area (Å²) >= 11 is 12.1. The lowest BCUT2D eigenvalue weighted by Crippen LogP contribution is -2.49. The maximum absolute atomic E-state index is 13.3. The summed E-state index contributed by atoms with van der Waals surface area (Å²) in [6.07, 6.45) is 2.61. The second-order valence-corrected chi connectivity index (χ2v) is 19.5. The van der Waals surface area contributed by atoms with E-state index in [0.717, 1.165) is 45.5 Å². The fourth-order valence-electron chi connectivity index (χ4n) is 9.35. The molecule has 2 aliphatic rings. The Balaban J connectivity index is 0.000000206. The number of fused-ring (bicyclic) bond motifs is 2. The summed E-state index contributed by atoms with van der Waals surface area (Å²) in [6, 6.07) is 42.2. The molecular formula is C56H66Cl2N8O4. The van der Waals surface area contributed by atoms with E-state index >= 15 is 0 Å². The Morgan fingerprint density at radius 1 is 0.571 bits per heavy atom. The van der Waals surface area contributed by atoms with Gasteiger partial charge in [-0.3, -0.25) is 19.2 Å². The lowest BCUT2D eigenvalue weighted by atomic mass is 10.00. The number of halogens is 2. The number of carbonyl (C=O) groups is 4.